The molecule has 2 aromatic rings. The molecule has 0 saturated carbocycles. The zero-order valence-electron chi connectivity index (χ0n) is 16.6. The third kappa shape index (κ3) is 4.74. The van der Waals surface area contributed by atoms with E-state index in [0.717, 1.165) is 11.1 Å². The van der Waals surface area contributed by atoms with E-state index < -0.39 is 6.09 Å². The van der Waals surface area contributed by atoms with Crippen molar-refractivity contribution in [2.24, 2.45) is 0 Å². The summed E-state index contributed by atoms with van der Waals surface area (Å²) in [5.74, 6) is -0.576. The molecule has 0 unspecified atom stereocenters. The second-order valence-electron chi connectivity index (χ2n) is 6.82. The lowest BCUT2D eigenvalue weighted by Crippen LogP contribution is -2.48. The second kappa shape index (κ2) is 9.23. The molecule has 0 saturated heterocycles. The normalized spacial score (nSPS) is 11.9. The molecule has 3 rings (SSSR count). The first-order valence-electron chi connectivity index (χ1n) is 9.67. The zero-order chi connectivity index (χ0) is 20.8. The standard InChI is InChI=1S/C22H25N3O4/c1-3-21(27)25(24-15(2)26)13-12-23-22(28)29-14-20-18-10-6-4-8-16(18)17-9-5-7-11-19(17)20/h4-11,20H,3,12-14H2,1-2H3,(H,23,28)(H,24,26). The van der Waals surface area contributed by atoms with Gasteiger partial charge in [-0.15, -0.1) is 0 Å². The van der Waals surface area contributed by atoms with Gasteiger partial charge in [0.05, 0.1) is 6.54 Å². The Hall–Kier alpha value is -3.35. The Morgan fingerprint density at radius 1 is 1.00 bits per heavy atom. The maximum atomic E-state index is 12.1. The maximum Gasteiger partial charge on any atom is 0.407 e. The number of hydrazine groups is 1. The molecule has 7 nitrogen and oxygen atoms in total. The minimum atomic E-state index is -0.557. The summed E-state index contributed by atoms with van der Waals surface area (Å²) in [5.41, 5.74) is 7.08. The van der Waals surface area contributed by atoms with E-state index in [9.17, 15) is 14.4 Å². The van der Waals surface area contributed by atoms with Gasteiger partial charge in [-0.25, -0.2) is 4.79 Å². The monoisotopic (exact) mass is 395 g/mol. The first kappa shape index (κ1) is 20.4. The molecule has 0 radical (unpaired) electrons. The number of benzene rings is 2. The van der Waals surface area contributed by atoms with Gasteiger partial charge >= 0.3 is 6.09 Å². The number of carbonyl (C=O) groups is 3. The molecule has 0 spiro atoms. The second-order valence-corrected chi connectivity index (χ2v) is 6.82. The van der Waals surface area contributed by atoms with Crippen molar-refractivity contribution in [1.82, 2.24) is 15.8 Å². The largest absolute Gasteiger partial charge is 0.449 e. The number of carbonyl (C=O) groups excluding carboxylic acids is 3. The third-order valence-electron chi connectivity index (χ3n) is 4.84. The Labute approximate surface area is 170 Å². The fourth-order valence-corrected chi connectivity index (χ4v) is 3.54. The van der Waals surface area contributed by atoms with Crippen molar-refractivity contribution >= 4 is 17.9 Å². The molecule has 0 aromatic heterocycles. The van der Waals surface area contributed by atoms with Crippen molar-refractivity contribution in [2.45, 2.75) is 26.2 Å². The lowest BCUT2D eigenvalue weighted by atomic mass is 9.98. The van der Waals surface area contributed by atoms with Crippen LogP contribution in [0.2, 0.25) is 0 Å². The predicted molar refractivity (Wildman–Crippen MR) is 109 cm³/mol. The van der Waals surface area contributed by atoms with Crippen molar-refractivity contribution in [3.8, 4) is 11.1 Å². The third-order valence-corrected chi connectivity index (χ3v) is 4.84. The Balaban J connectivity index is 1.55. The Morgan fingerprint density at radius 2 is 1.59 bits per heavy atom. The molecule has 0 heterocycles. The van der Waals surface area contributed by atoms with E-state index in [1.165, 1.54) is 23.1 Å². The highest BCUT2D eigenvalue weighted by molar-refractivity contribution is 5.81. The van der Waals surface area contributed by atoms with Crippen LogP contribution in [0.1, 0.15) is 37.3 Å². The van der Waals surface area contributed by atoms with Gasteiger partial charge in [0.1, 0.15) is 6.61 Å². The Kier molecular flexibility index (Phi) is 6.49. The number of fused-ring (bicyclic) bond motifs is 3. The van der Waals surface area contributed by atoms with Crippen LogP contribution in [0.15, 0.2) is 48.5 Å². The van der Waals surface area contributed by atoms with Gasteiger partial charge in [-0.2, -0.15) is 0 Å². The molecule has 2 aromatic carbocycles. The van der Waals surface area contributed by atoms with Gasteiger partial charge < -0.3 is 10.1 Å². The van der Waals surface area contributed by atoms with Gasteiger partial charge in [-0.3, -0.25) is 20.0 Å². The highest BCUT2D eigenvalue weighted by Crippen LogP contribution is 2.44. The average molecular weight is 395 g/mol. The number of nitrogens with one attached hydrogen (secondary N) is 2. The van der Waals surface area contributed by atoms with E-state index in [1.807, 2.05) is 24.3 Å². The van der Waals surface area contributed by atoms with Crippen molar-refractivity contribution in [1.29, 1.82) is 0 Å². The average Bonchev–Trinajstić information content (AvgIpc) is 3.04. The number of nitrogens with zero attached hydrogens (tertiary/aromatic N) is 1. The molecule has 1 aliphatic rings. The smallest absolute Gasteiger partial charge is 0.407 e. The van der Waals surface area contributed by atoms with Gasteiger partial charge in [0.15, 0.2) is 0 Å². The molecule has 0 bridgehead atoms. The summed E-state index contributed by atoms with van der Waals surface area (Å²) in [4.78, 5) is 35.2. The van der Waals surface area contributed by atoms with Crippen LogP contribution in [0.5, 0.6) is 0 Å². The lowest BCUT2D eigenvalue weighted by Gasteiger charge is -2.22. The van der Waals surface area contributed by atoms with Crippen LogP contribution in [0, 0.1) is 0 Å². The number of ether oxygens (including phenoxy) is 1. The lowest BCUT2D eigenvalue weighted by molar-refractivity contribution is -0.140. The minimum Gasteiger partial charge on any atom is -0.449 e. The molecule has 3 amide bonds. The fraction of sp³-hybridized carbons (Fsp3) is 0.318. The number of amides is 3. The van der Waals surface area contributed by atoms with Crippen LogP contribution >= 0.6 is 0 Å². The van der Waals surface area contributed by atoms with Crippen LogP contribution in [-0.2, 0) is 14.3 Å². The van der Waals surface area contributed by atoms with Crippen LogP contribution in [0.4, 0.5) is 4.79 Å². The Bertz CT molecular complexity index is 867. The van der Waals surface area contributed by atoms with Crippen molar-refractivity contribution < 1.29 is 19.1 Å². The number of alkyl carbamates (subject to hydrolysis) is 1. The number of hydrogen-bond donors (Lipinski definition) is 2. The zero-order valence-corrected chi connectivity index (χ0v) is 16.6. The van der Waals surface area contributed by atoms with Crippen LogP contribution < -0.4 is 10.7 Å². The molecule has 0 aliphatic heterocycles. The van der Waals surface area contributed by atoms with Gasteiger partial charge in [0.25, 0.3) is 0 Å². The van der Waals surface area contributed by atoms with E-state index in [0.29, 0.717) is 0 Å². The van der Waals surface area contributed by atoms with Gasteiger partial charge in [-0.05, 0) is 22.3 Å². The van der Waals surface area contributed by atoms with Crippen LogP contribution in [-0.4, -0.2) is 42.6 Å². The van der Waals surface area contributed by atoms with Crippen molar-refractivity contribution in [3.05, 3.63) is 59.7 Å². The summed E-state index contributed by atoms with van der Waals surface area (Å²) in [6, 6.07) is 16.3. The summed E-state index contributed by atoms with van der Waals surface area (Å²) < 4.78 is 5.45. The predicted octanol–water partition coefficient (Wildman–Crippen LogP) is 2.81. The van der Waals surface area contributed by atoms with Gasteiger partial charge in [0, 0.05) is 25.8 Å². The topological polar surface area (TPSA) is 87.7 Å². The molecule has 0 atom stereocenters. The summed E-state index contributed by atoms with van der Waals surface area (Å²) in [7, 11) is 0. The molecule has 29 heavy (non-hydrogen) atoms. The quantitative estimate of drug-likeness (QED) is 0.737. The Morgan fingerprint density at radius 3 is 2.14 bits per heavy atom. The van der Waals surface area contributed by atoms with Crippen LogP contribution in [0.3, 0.4) is 0 Å². The highest BCUT2D eigenvalue weighted by atomic mass is 16.5. The maximum absolute atomic E-state index is 12.1. The SMILES string of the molecule is CCC(=O)N(CCNC(=O)OCC1c2ccccc2-c2ccccc21)NC(C)=O. The summed E-state index contributed by atoms with van der Waals surface area (Å²) >= 11 is 0. The first-order chi connectivity index (χ1) is 14.0. The minimum absolute atomic E-state index is 0.00861. The molecule has 1 aliphatic carbocycles. The fourth-order valence-electron chi connectivity index (χ4n) is 3.54. The molecular formula is C22H25N3O4. The van der Waals surface area contributed by atoms with E-state index in [4.69, 9.17) is 4.74 Å². The van der Waals surface area contributed by atoms with E-state index in [-0.39, 0.29) is 43.8 Å². The van der Waals surface area contributed by atoms with Crippen molar-refractivity contribution in [2.75, 3.05) is 19.7 Å². The number of hydrogen-bond acceptors (Lipinski definition) is 4. The number of rotatable bonds is 6. The molecule has 2 N–H and O–H groups in total. The summed E-state index contributed by atoms with van der Waals surface area (Å²) in [5, 5.41) is 3.83. The molecule has 152 valence electrons. The highest BCUT2D eigenvalue weighted by Gasteiger charge is 2.28. The first-order valence-corrected chi connectivity index (χ1v) is 9.67. The summed E-state index contributed by atoms with van der Waals surface area (Å²) in [6.07, 6.45) is -0.302. The van der Waals surface area contributed by atoms with Crippen LogP contribution in [0.25, 0.3) is 11.1 Å². The molecule has 0 fully saturated rings. The molecular weight excluding hydrogens is 370 g/mol. The summed E-state index contributed by atoms with van der Waals surface area (Å²) in [6.45, 7) is 3.59. The van der Waals surface area contributed by atoms with E-state index >= 15 is 0 Å². The van der Waals surface area contributed by atoms with E-state index in [2.05, 4.69) is 35.0 Å². The van der Waals surface area contributed by atoms with Crippen molar-refractivity contribution in [3.63, 3.8) is 0 Å². The van der Waals surface area contributed by atoms with Gasteiger partial charge in [0.2, 0.25) is 11.8 Å². The van der Waals surface area contributed by atoms with Gasteiger partial charge in [-0.1, -0.05) is 55.5 Å². The van der Waals surface area contributed by atoms with E-state index in [1.54, 1.807) is 6.92 Å². The molecule has 7 heteroatoms.